The van der Waals surface area contributed by atoms with Crippen molar-refractivity contribution in [3.8, 4) is 0 Å². The van der Waals surface area contributed by atoms with Gasteiger partial charge >= 0.3 is 12.3 Å². The SMILES string of the molecule is O=C(Nc1ccc2c(c1)N=NC2)c1n[nH]c2c1CCN(C(=O)OCc1cccc(C(F)(F)F)c1)C2. The maximum absolute atomic E-state index is 12.9. The number of benzene rings is 2. The summed E-state index contributed by atoms with van der Waals surface area (Å²) >= 11 is 0. The van der Waals surface area contributed by atoms with Gasteiger partial charge in [-0.3, -0.25) is 9.89 Å². The zero-order valence-electron chi connectivity index (χ0n) is 18.2. The van der Waals surface area contributed by atoms with Crippen LogP contribution in [0.2, 0.25) is 0 Å². The summed E-state index contributed by atoms with van der Waals surface area (Å²) in [4.78, 5) is 26.7. The van der Waals surface area contributed by atoms with Crippen LogP contribution in [-0.2, 0) is 37.0 Å². The third-order valence-corrected chi connectivity index (χ3v) is 5.79. The number of nitrogens with one attached hydrogen (secondary N) is 2. The second kappa shape index (κ2) is 8.85. The van der Waals surface area contributed by atoms with Crippen LogP contribution in [0, 0.1) is 0 Å². The molecule has 0 saturated heterocycles. The molecular weight excluding hydrogens is 465 g/mol. The third kappa shape index (κ3) is 4.72. The predicted molar refractivity (Wildman–Crippen MR) is 117 cm³/mol. The van der Waals surface area contributed by atoms with Crippen molar-refractivity contribution in [1.82, 2.24) is 15.1 Å². The summed E-state index contributed by atoms with van der Waals surface area (Å²) in [6.07, 6.45) is -4.77. The largest absolute Gasteiger partial charge is 0.445 e. The molecule has 2 aliphatic heterocycles. The highest BCUT2D eigenvalue weighted by Gasteiger charge is 2.31. The van der Waals surface area contributed by atoms with Crippen LogP contribution < -0.4 is 5.32 Å². The van der Waals surface area contributed by atoms with Gasteiger partial charge in [0.25, 0.3) is 5.91 Å². The Morgan fingerprint density at radius 1 is 1.17 bits per heavy atom. The number of aromatic amines is 1. The summed E-state index contributed by atoms with van der Waals surface area (Å²) in [5.74, 6) is -0.391. The summed E-state index contributed by atoms with van der Waals surface area (Å²) in [5.41, 5.74) is 3.23. The zero-order valence-corrected chi connectivity index (χ0v) is 18.2. The number of anilines is 1. The van der Waals surface area contributed by atoms with Gasteiger partial charge in [0, 0.05) is 23.4 Å². The van der Waals surface area contributed by atoms with Crippen molar-refractivity contribution in [3.05, 3.63) is 76.1 Å². The zero-order chi connectivity index (χ0) is 24.6. The molecule has 0 saturated carbocycles. The second-order valence-electron chi connectivity index (χ2n) is 8.15. The number of alkyl halides is 3. The van der Waals surface area contributed by atoms with Gasteiger partial charge in [0.2, 0.25) is 0 Å². The third-order valence-electron chi connectivity index (χ3n) is 5.79. The first-order chi connectivity index (χ1) is 16.8. The van der Waals surface area contributed by atoms with E-state index in [1.807, 2.05) is 6.07 Å². The van der Waals surface area contributed by atoms with Crippen LogP contribution in [0.1, 0.15) is 38.4 Å². The number of H-pyrrole nitrogens is 1. The topological polar surface area (TPSA) is 112 Å². The van der Waals surface area contributed by atoms with Crippen LogP contribution >= 0.6 is 0 Å². The minimum atomic E-state index is -4.47. The van der Waals surface area contributed by atoms with E-state index < -0.39 is 23.7 Å². The summed E-state index contributed by atoms with van der Waals surface area (Å²) in [7, 11) is 0. The quantitative estimate of drug-likeness (QED) is 0.544. The number of carbonyl (C=O) groups is 2. The molecule has 0 unspecified atom stereocenters. The highest BCUT2D eigenvalue weighted by atomic mass is 19.4. The van der Waals surface area contributed by atoms with Gasteiger partial charge in [0.15, 0.2) is 5.69 Å². The highest BCUT2D eigenvalue weighted by molar-refractivity contribution is 6.04. The molecule has 3 heterocycles. The Morgan fingerprint density at radius 3 is 2.86 bits per heavy atom. The fourth-order valence-corrected chi connectivity index (χ4v) is 3.98. The number of fused-ring (bicyclic) bond motifs is 2. The molecule has 2 aromatic carbocycles. The molecule has 0 fully saturated rings. The van der Waals surface area contributed by atoms with Crippen molar-refractivity contribution in [1.29, 1.82) is 0 Å². The minimum Gasteiger partial charge on any atom is -0.445 e. The van der Waals surface area contributed by atoms with Crippen molar-refractivity contribution in [2.75, 3.05) is 11.9 Å². The number of hydrogen-bond acceptors (Lipinski definition) is 6. The van der Waals surface area contributed by atoms with E-state index >= 15 is 0 Å². The first-order valence-corrected chi connectivity index (χ1v) is 10.7. The van der Waals surface area contributed by atoms with Crippen LogP contribution in [0.3, 0.4) is 0 Å². The van der Waals surface area contributed by atoms with E-state index in [4.69, 9.17) is 4.74 Å². The van der Waals surface area contributed by atoms with Crippen molar-refractivity contribution in [2.24, 2.45) is 10.2 Å². The summed E-state index contributed by atoms with van der Waals surface area (Å²) in [6, 6.07) is 10.0. The van der Waals surface area contributed by atoms with Crippen LogP contribution in [-0.4, -0.2) is 33.6 Å². The maximum Gasteiger partial charge on any atom is 0.416 e. The lowest BCUT2D eigenvalue weighted by Crippen LogP contribution is -2.36. The fraction of sp³-hybridized carbons (Fsp3) is 0.261. The van der Waals surface area contributed by atoms with Gasteiger partial charge in [-0.05, 0) is 36.2 Å². The monoisotopic (exact) mass is 484 g/mol. The molecule has 5 rings (SSSR count). The van der Waals surface area contributed by atoms with E-state index in [1.54, 1.807) is 12.1 Å². The van der Waals surface area contributed by atoms with Crippen LogP contribution in [0.5, 0.6) is 0 Å². The smallest absolute Gasteiger partial charge is 0.416 e. The molecule has 0 spiro atoms. The molecule has 0 radical (unpaired) electrons. The average molecular weight is 484 g/mol. The van der Waals surface area contributed by atoms with Crippen LogP contribution in [0.4, 0.5) is 29.3 Å². The number of azo groups is 1. The lowest BCUT2D eigenvalue weighted by atomic mass is 10.0. The lowest BCUT2D eigenvalue weighted by molar-refractivity contribution is -0.137. The van der Waals surface area contributed by atoms with E-state index in [1.165, 1.54) is 17.0 Å². The number of hydrogen-bond donors (Lipinski definition) is 2. The molecule has 0 bridgehead atoms. The van der Waals surface area contributed by atoms with E-state index in [0.717, 1.165) is 17.7 Å². The molecule has 0 aliphatic carbocycles. The van der Waals surface area contributed by atoms with Crippen molar-refractivity contribution in [3.63, 3.8) is 0 Å². The predicted octanol–water partition coefficient (Wildman–Crippen LogP) is 4.97. The van der Waals surface area contributed by atoms with E-state index in [0.29, 0.717) is 35.6 Å². The van der Waals surface area contributed by atoms with Gasteiger partial charge in [-0.15, -0.1) is 0 Å². The molecule has 9 nitrogen and oxygen atoms in total. The van der Waals surface area contributed by atoms with Crippen molar-refractivity contribution >= 4 is 23.4 Å². The molecule has 180 valence electrons. The Labute approximate surface area is 197 Å². The normalized spacial score (nSPS) is 14.4. The van der Waals surface area contributed by atoms with E-state index in [2.05, 4.69) is 25.7 Å². The maximum atomic E-state index is 12.9. The molecule has 12 heteroatoms. The van der Waals surface area contributed by atoms with Gasteiger partial charge in [0.1, 0.15) is 6.61 Å². The fourth-order valence-electron chi connectivity index (χ4n) is 3.98. The number of carbonyl (C=O) groups excluding carboxylic acids is 2. The first kappa shape index (κ1) is 22.6. The van der Waals surface area contributed by atoms with Gasteiger partial charge in [-0.1, -0.05) is 18.2 Å². The van der Waals surface area contributed by atoms with Crippen molar-refractivity contribution < 1.29 is 27.5 Å². The molecule has 0 atom stereocenters. The average Bonchev–Trinajstić information content (AvgIpc) is 3.48. The molecule has 2 N–H and O–H groups in total. The lowest BCUT2D eigenvalue weighted by Gasteiger charge is -2.26. The number of aromatic nitrogens is 2. The summed E-state index contributed by atoms with van der Waals surface area (Å²) in [6.45, 7) is 0.641. The second-order valence-corrected chi connectivity index (χ2v) is 8.15. The highest BCUT2D eigenvalue weighted by Crippen LogP contribution is 2.31. The van der Waals surface area contributed by atoms with Crippen molar-refractivity contribution in [2.45, 2.75) is 32.3 Å². The number of halogens is 3. The molecular formula is C23H19F3N6O3. The van der Waals surface area contributed by atoms with Gasteiger partial charge in [-0.25, -0.2) is 4.79 Å². The van der Waals surface area contributed by atoms with E-state index in [9.17, 15) is 22.8 Å². The Balaban J connectivity index is 1.20. The molecule has 2 aliphatic rings. The standard InChI is InChI=1S/C23H19F3N6O3/c24-23(25,26)15-3-1-2-13(8-15)12-35-22(34)32-7-6-17-19(11-32)30-31-20(17)21(33)28-16-5-4-14-10-27-29-18(14)9-16/h1-5,8-9H,6-7,10-12H2,(H,28,33)(H,30,31). The van der Waals surface area contributed by atoms with Crippen LogP contribution in [0.15, 0.2) is 52.7 Å². The minimum absolute atomic E-state index is 0.135. The van der Waals surface area contributed by atoms with E-state index in [-0.39, 0.29) is 31.0 Å². The summed E-state index contributed by atoms with van der Waals surface area (Å²) < 4.78 is 43.8. The van der Waals surface area contributed by atoms with Gasteiger partial charge in [-0.2, -0.15) is 28.5 Å². The Kier molecular flexibility index (Phi) is 5.71. The number of nitrogens with zero attached hydrogens (tertiary/aromatic N) is 4. The molecule has 35 heavy (non-hydrogen) atoms. The number of ether oxygens (including phenoxy) is 1. The van der Waals surface area contributed by atoms with Gasteiger partial charge < -0.3 is 15.0 Å². The number of rotatable bonds is 4. The Morgan fingerprint density at radius 2 is 2.03 bits per heavy atom. The molecule has 1 aromatic heterocycles. The van der Waals surface area contributed by atoms with Crippen LogP contribution in [0.25, 0.3) is 0 Å². The number of amides is 2. The Hall–Kier alpha value is -4.22. The molecule has 3 aromatic rings. The van der Waals surface area contributed by atoms with Gasteiger partial charge in [0.05, 0.1) is 30.0 Å². The Bertz CT molecular complexity index is 1330. The first-order valence-electron chi connectivity index (χ1n) is 10.7. The molecule has 2 amide bonds. The summed E-state index contributed by atoms with van der Waals surface area (Å²) in [5, 5.41) is 17.7.